The molecule has 3 heterocycles. The third kappa shape index (κ3) is 3.14. The van der Waals surface area contributed by atoms with Gasteiger partial charge in [0.05, 0.1) is 11.8 Å². The van der Waals surface area contributed by atoms with Crippen LogP contribution in [0.3, 0.4) is 0 Å². The molecule has 1 aliphatic heterocycles. The third-order valence-corrected chi connectivity index (χ3v) is 4.45. The molecule has 0 aliphatic carbocycles. The number of nitrogens with zero attached hydrogens (tertiary/aromatic N) is 3. The van der Waals surface area contributed by atoms with E-state index in [0.717, 1.165) is 16.5 Å². The van der Waals surface area contributed by atoms with E-state index in [2.05, 4.69) is 25.5 Å². The number of fused-ring (bicyclic) bond motifs is 1. The van der Waals surface area contributed by atoms with Gasteiger partial charge in [0, 0.05) is 35.4 Å². The molecule has 9 heteroatoms. The van der Waals surface area contributed by atoms with Crippen molar-refractivity contribution in [3.8, 4) is 0 Å². The number of carboxylic acids is 1. The minimum Gasteiger partial charge on any atom is -0.480 e. The van der Waals surface area contributed by atoms with E-state index in [0.29, 0.717) is 22.7 Å². The number of nitrogens with one attached hydrogen (secondary N) is 2. The summed E-state index contributed by atoms with van der Waals surface area (Å²) in [5, 5.41) is 14.1. The molecule has 0 spiro atoms. The lowest BCUT2D eigenvalue weighted by molar-refractivity contribution is -0.138. The van der Waals surface area contributed by atoms with E-state index in [-0.39, 0.29) is 12.3 Å². The van der Waals surface area contributed by atoms with Gasteiger partial charge >= 0.3 is 5.97 Å². The van der Waals surface area contributed by atoms with E-state index in [9.17, 15) is 14.7 Å². The minimum atomic E-state index is -1.09. The number of aliphatic carboxylic acids is 1. The number of hydrazone groups is 1. The van der Waals surface area contributed by atoms with Crippen LogP contribution in [0.4, 0.5) is 0 Å². The molecular formula is C19H16N6O3. The van der Waals surface area contributed by atoms with Gasteiger partial charge in [-0.25, -0.2) is 5.43 Å². The minimum absolute atomic E-state index is 0.109. The topological polar surface area (TPSA) is 146 Å². The predicted molar refractivity (Wildman–Crippen MR) is 102 cm³/mol. The highest BCUT2D eigenvalue weighted by Crippen LogP contribution is 2.27. The van der Waals surface area contributed by atoms with Crippen molar-refractivity contribution in [1.82, 2.24) is 20.4 Å². The number of carbonyl (C=O) groups is 2. The number of hydrogen-bond donors (Lipinski definition) is 4. The first-order chi connectivity index (χ1) is 13.5. The van der Waals surface area contributed by atoms with Crippen molar-refractivity contribution in [1.29, 1.82) is 0 Å². The summed E-state index contributed by atoms with van der Waals surface area (Å²) in [7, 11) is 0. The maximum absolute atomic E-state index is 12.3. The molecule has 0 radical (unpaired) electrons. The van der Waals surface area contributed by atoms with Gasteiger partial charge < -0.3 is 15.8 Å². The summed E-state index contributed by atoms with van der Waals surface area (Å²) in [6, 6.07) is 6.41. The molecule has 3 aromatic rings. The average molecular weight is 376 g/mol. The second kappa shape index (κ2) is 7.05. The number of rotatable bonds is 5. The monoisotopic (exact) mass is 376 g/mol. The summed E-state index contributed by atoms with van der Waals surface area (Å²) < 4.78 is 0. The van der Waals surface area contributed by atoms with E-state index in [1.807, 2.05) is 24.3 Å². The fourth-order valence-electron chi connectivity index (χ4n) is 3.10. The fraction of sp³-hybridized carbons (Fsp3) is 0.105. The van der Waals surface area contributed by atoms with Crippen molar-refractivity contribution in [2.24, 2.45) is 10.8 Å². The third-order valence-electron chi connectivity index (χ3n) is 4.45. The molecule has 2 aromatic heterocycles. The Kier molecular flexibility index (Phi) is 4.42. The van der Waals surface area contributed by atoms with Crippen molar-refractivity contribution < 1.29 is 14.7 Å². The van der Waals surface area contributed by atoms with Gasteiger partial charge in [-0.1, -0.05) is 18.2 Å². The molecule has 1 aromatic carbocycles. The Morgan fingerprint density at radius 2 is 2.11 bits per heavy atom. The van der Waals surface area contributed by atoms with Crippen LogP contribution in [0.5, 0.6) is 0 Å². The number of hydrogen-bond acceptors (Lipinski definition) is 6. The van der Waals surface area contributed by atoms with Crippen LogP contribution in [0, 0.1) is 0 Å². The van der Waals surface area contributed by atoms with E-state index in [1.54, 1.807) is 6.08 Å². The summed E-state index contributed by atoms with van der Waals surface area (Å²) in [4.78, 5) is 35.0. The number of benzene rings is 1. The summed E-state index contributed by atoms with van der Waals surface area (Å²) >= 11 is 0. The summed E-state index contributed by atoms with van der Waals surface area (Å²) in [6.07, 6.45) is 6.30. The second-order valence-electron chi connectivity index (χ2n) is 6.26. The smallest absolute Gasteiger partial charge is 0.320 e. The predicted octanol–water partition coefficient (Wildman–Crippen LogP) is 0.830. The van der Waals surface area contributed by atoms with Crippen LogP contribution in [-0.2, 0) is 16.0 Å². The number of carboxylic acid groups (broad SMARTS) is 1. The van der Waals surface area contributed by atoms with Gasteiger partial charge in [0.15, 0.2) is 0 Å². The molecule has 0 saturated heterocycles. The van der Waals surface area contributed by atoms with Crippen LogP contribution in [0.1, 0.15) is 17.0 Å². The Labute approximate surface area is 159 Å². The first-order valence-electron chi connectivity index (χ1n) is 8.49. The molecule has 28 heavy (non-hydrogen) atoms. The normalized spacial score (nSPS) is 16.2. The average Bonchev–Trinajstić information content (AvgIpc) is 3.23. The van der Waals surface area contributed by atoms with Crippen molar-refractivity contribution in [2.45, 2.75) is 12.5 Å². The molecule has 9 nitrogen and oxygen atoms in total. The standard InChI is InChI=1S/C19H16N6O3/c20-13(19(27)28)7-11-10-3-1-2-4-14(10)23-15(11)8-12-17(24-25-18(12)26)16-9-21-5-6-22-16/h1-6,8-9,13,23H,7,20H2,(H,25,26)(H,27,28)/b12-8-. The van der Waals surface area contributed by atoms with E-state index in [1.165, 1.54) is 18.6 Å². The molecule has 5 N–H and O–H groups in total. The molecule has 1 atom stereocenters. The van der Waals surface area contributed by atoms with Gasteiger partial charge in [0.2, 0.25) is 0 Å². The van der Waals surface area contributed by atoms with Crippen molar-refractivity contribution in [3.05, 3.63) is 65.4 Å². The molecule has 1 unspecified atom stereocenters. The number of amides is 1. The lowest BCUT2D eigenvalue weighted by Crippen LogP contribution is -2.32. The quantitative estimate of drug-likeness (QED) is 0.485. The zero-order valence-corrected chi connectivity index (χ0v) is 14.6. The second-order valence-corrected chi connectivity index (χ2v) is 6.26. The van der Waals surface area contributed by atoms with Gasteiger partial charge in [0.1, 0.15) is 17.4 Å². The van der Waals surface area contributed by atoms with Crippen LogP contribution in [0.25, 0.3) is 17.0 Å². The SMILES string of the molecule is NC(Cc1c(/C=C2\C(=O)NN=C2c2cnccn2)[nH]c2ccccc12)C(=O)O. The van der Waals surface area contributed by atoms with Crippen molar-refractivity contribution >= 4 is 34.6 Å². The Morgan fingerprint density at radius 1 is 1.29 bits per heavy atom. The van der Waals surface area contributed by atoms with E-state index >= 15 is 0 Å². The molecular weight excluding hydrogens is 360 g/mol. The van der Waals surface area contributed by atoms with E-state index < -0.39 is 12.0 Å². The number of carbonyl (C=O) groups excluding carboxylic acids is 1. The van der Waals surface area contributed by atoms with Crippen molar-refractivity contribution in [2.75, 3.05) is 0 Å². The molecule has 0 bridgehead atoms. The maximum atomic E-state index is 12.3. The summed E-state index contributed by atoms with van der Waals surface area (Å²) in [5.74, 6) is -1.47. The van der Waals surface area contributed by atoms with Crippen LogP contribution < -0.4 is 11.2 Å². The Bertz CT molecular complexity index is 1130. The number of nitrogens with two attached hydrogens (primary N) is 1. The maximum Gasteiger partial charge on any atom is 0.320 e. The molecule has 0 fully saturated rings. The Morgan fingerprint density at radius 3 is 2.86 bits per heavy atom. The van der Waals surface area contributed by atoms with Gasteiger partial charge in [-0.15, -0.1) is 0 Å². The molecule has 4 rings (SSSR count). The highest BCUT2D eigenvalue weighted by atomic mass is 16.4. The Hall–Kier alpha value is -3.85. The van der Waals surface area contributed by atoms with E-state index in [4.69, 9.17) is 5.73 Å². The summed E-state index contributed by atoms with van der Waals surface area (Å²) in [5.41, 5.74) is 11.5. The zero-order valence-electron chi connectivity index (χ0n) is 14.6. The summed E-state index contributed by atoms with van der Waals surface area (Å²) in [6.45, 7) is 0. The number of aromatic amines is 1. The zero-order chi connectivity index (χ0) is 19.7. The molecule has 140 valence electrons. The van der Waals surface area contributed by atoms with Crippen LogP contribution in [-0.4, -0.2) is 43.7 Å². The lowest BCUT2D eigenvalue weighted by Gasteiger charge is -2.07. The number of aromatic nitrogens is 3. The highest BCUT2D eigenvalue weighted by Gasteiger charge is 2.26. The lowest BCUT2D eigenvalue weighted by atomic mass is 10.00. The Balaban J connectivity index is 1.83. The van der Waals surface area contributed by atoms with Gasteiger partial charge in [-0.3, -0.25) is 19.6 Å². The molecule has 1 aliphatic rings. The molecule has 1 amide bonds. The largest absolute Gasteiger partial charge is 0.480 e. The fourth-order valence-corrected chi connectivity index (χ4v) is 3.10. The van der Waals surface area contributed by atoms with Gasteiger partial charge in [0.25, 0.3) is 5.91 Å². The van der Waals surface area contributed by atoms with Crippen LogP contribution >= 0.6 is 0 Å². The van der Waals surface area contributed by atoms with Crippen LogP contribution in [0.2, 0.25) is 0 Å². The van der Waals surface area contributed by atoms with Crippen molar-refractivity contribution in [3.63, 3.8) is 0 Å². The van der Waals surface area contributed by atoms with Gasteiger partial charge in [-0.2, -0.15) is 5.10 Å². The van der Waals surface area contributed by atoms with Gasteiger partial charge in [-0.05, 0) is 17.7 Å². The molecule has 0 saturated carbocycles. The van der Waals surface area contributed by atoms with Crippen LogP contribution in [0.15, 0.2) is 53.5 Å². The first-order valence-corrected chi connectivity index (χ1v) is 8.49. The number of H-pyrrole nitrogens is 1. The highest BCUT2D eigenvalue weighted by molar-refractivity contribution is 6.32. The first kappa shape index (κ1) is 17.6. The number of para-hydroxylation sites is 1.